The number of benzene rings is 3. The van der Waals surface area contributed by atoms with Crippen LogP contribution in [0.25, 0.3) is 0 Å². The molecule has 0 aliphatic carbocycles. The second kappa shape index (κ2) is 15.8. The van der Waals surface area contributed by atoms with E-state index >= 15 is 0 Å². The first-order valence-electron chi connectivity index (χ1n) is 12.1. The number of unbranched alkanes of at least 4 members (excludes halogenated alkanes) is 2. The molecule has 0 heterocycles. The van der Waals surface area contributed by atoms with E-state index in [9.17, 15) is 0 Å². The van der Waals surface area contributed by atoms with Crippen LogP contribution in [0.4, 0.5) is 0 Å². The molecule has 2 nitrogen and oxygen atoms in total. The third-order valence-electron chi connectivity index (χ3n) is 5.52. The third kappa shape index (κ3) is 10.6. The molecule has 3 heteroatoms. The summed E-state index contributed by atoms with van der Waals surface area (Å²) in [7, 11) is -0.799. The van der Waals surface area contributed by atoms with Crippen LogP contribution in [0.1, 0.15) is 48.8 Å². The maximum atomic E-state index is 6.23. The van der Waals surface area contributed by atoms with E-state index in [1.807, 2.05) is 0 Å². The Balaban J connectivity index is 1.33. The van der Waals surface area contributed by atoms with Crippen LogP contribution in [0.3, 0.4) is 0 Å². The quantitative estimate of drug-likeness (QED) is 0.163. The lowest BCUT2D eigenvalue weighted by Crippen LogP contribution is -2.01. The average molecular weight is 449 g/mol. The summed E-state index contributed by atoms with van der Waals surface area (Å²) in [4.78, 5) is 0. The molecule has 3 aromatic carbocycles. The molecule has 3 aromatic rings. The van der Waals surface area contributed by atoms with Gasteiger partial charge in [0, 0.05) is 6.16 Å². The van der Waals surface area contributed by atoms with Gasteiger partial charge in [-0.3, -0.25) is 0 Å². The van der Waals surface area contributed by atoms with Crippen molar-refractivity contribution in [3.05, 3.63) is 108 Å². The van der Waals surface area contributed by atoms with Gasteiger partial charge in [-0.1, -0.05) is 91.0 Å². The highest BCUT2D eigenvalue weighted by atomic mass is 31.2. The van der Waals surface area contributed by atoms with Crippen LogP contribution in [0.5, 0.6) is 0 Å². The van der Waals surface area contributed by atoms with E-state index in [-0.39, 0.29) is 0 Å². The molecule has 32 heavy (non-hydrogen) atoms. The normalized spacial score (nSPS) is 11.2. The zero-order valence-corrected chi connectivity index (χ0v) is 20.1. The van der Waals surface area contributed by atoms with Crippen molar-refractivity contribution in [2.24, 2.45) is 0 Å². The third-order valence-corrected chi connectivity index (χ3v) is 7.15. The molecular weight excluding hydrogens is 411 g/mol. The number of hydrogen-bond donors (Lipinski definition) is 0. The van der Waals surface area contributed by atoms with Crippen LogP contribution in [0, 0.1) is 0 Å². The summed E-state index contributed by atoms with van der Waals surface area (Å²) in [6.45, 7) is 1.60. The second-order valence-corrected chi connectivity index (χ2v) is 9.83. The average Bonchev–Trinajstić information content (AvgIpc) is 2.85. The van der Waals surface area contributed by atoms with E-state index in [0.29, 0.717) is 0 Å². The topological polar surface area (TPSA) is 18.5 Å². The van der Waals surface area contributed by atoms with Gasteiger partial charge >= 0.3 is 0 Å². The monoisotopic (exact) mass is 448 g/mol. The van der Waals surface area contributed by atoms with Crippen molar-refractivity contribution in [2.45, 2.75) is 51.4 Å². The van der Waals surface area contributed by atoms with Crippen LogP contribution in [-0.4, -0.2) is 19.4 Å². The number of aryl methyl sites for hydroxylation is 3. The molecule has 0 saturated heterocycles. The van der Waals surface area contributed by atoms with Gasteiger partial charge in [0.1, 0.15) is 0 Å². The maximum absolute atomic E-state index is 6.23. The van der Waals surface area contributed by atoms with Crippen molar-refractivity contribution in [3.63, 3.8) is 0 Å². The fraction of sp³-hybridized carbons (Fsp3) is 0.379. The molecule has 0 N–H and O–H groups in total. The van der Waals surface area contributed by atoms with E-state index in [2.05, 4.69) is 91.0 Å². The molecule has 0 aliphatic heterocycles. The van der Waals surface area contributed by atoms with Gasteiger partial charge in [0.2, 0.25) is 0 Å². The van der Waals surface area contributed by atoms with E-state index in [4.69, 9.17) is 9.05 Å². The Kier molecular flexibility index (Phi) is 12.1. The molecule has 0 radical (unpaired) electrons. The van der Waals surface area contributed by atoms with Crippen LogP contribution in [-0.2, 0) is 28.3 Å². The van der Waals surface area contributed by atoms with Gasteiger partial charge in [-0.25, -0.2) is 0 Å². The van der Waals surface area contributed by atoms with Gasteiger partial charge in [-0.15, -0.1) is 0 Å². The number of hydrogen-bond acceptors (Lipinski definition) is 2. The summed E-state index contributed by atoms with van der Waals surface area (Å²) in [6.07, 6.45) is 9.96. The van der Waals surface area contributed by atoms with E-state index in [1.54, 1.807) is 0 Å². The summed E-state index contributed by atoms with van der Waals surface area (Å²) < 4.78 is 12.5. The van der Waals surface area contributed by atoms with E-state index < -0.39 is 8.38 Å². The lowest BCUT2D eigenvalue weighted by atomic mass is 10.1. The Hall–Kier alpha value is -1.99. The van der Waals surface area contributed by atoms with Gasteiger partial charge < -0.3 is 9.05 Å². The van der Waals surface area contributed by atoms with Crippen molar-refractivity contribution in [2.75, 3.05) is 19.4 Å². The van der Waals surface area contributed by atoms with Crippen molar-refractivity contribution in [1.29, 1.82) is 0 Å². The molecule has 0 saturated carbocycles. The van der Waals surface area contributed by atoms with Crippen LogP contribution >= 0.6 is 8.38 Å². The molecule has 170 valence electrons. The molecule has 0 aliphatic rings. The fourth-order valence-corrected chi connectivity index (χ4v) is 5.12. The summed E-state index contributed by atoms with van der Waals surface area (Å²) in [5.41, 5.74) is 4.22. The Bertz CT molecular complexity index is 774. The lowest BCUT2D eigenvalue weighted by molar-refractivity contribution is 0.241. The highest BCUT2D eigenvalue weighted by molar-refractivity contribution is 7.47. The predicted octanol–water partition coefficient (Wildman–Crippen LogP) is 8.01. The van der Waals surface area contributed by atoms with Crippen molar-refractivity contribution in [3.8, 4) is 0 Å². The SMILES string of the molecule is c1ccc(CCCCOP(CCCc2ccccc2)OCCCCc2ccccc2)cc1. The molecule has 0 bridgehead atoms. The Morgan fingerprint density at radius 1 is 0.438 bits per heavy atom. The second-order valence-electron chi connectivity index (χ2n) is 8.20. The highest BCUT2D eigenvalue weighted by Gasteiger charge is 2.11. The minimum Gasteiger partial charge on any atom is -0.334 e. The Morgan fingerprint density at radius 3 is 1.22 bits per heavy atom. The fourth-order valence-electron chi connectivity index (χ4n) is 3.71. The van der Waals surface area contributed by atoms with Crippen LogP contribution < -0.4 is 0 Å². The summed E-state index contributed by atoms with van der Waals surface area (Å²) >= 11 is 0. The number of rotatable bonds is 16. The molecule has 0 unspecified atom stereocenters. The van der Waals surface area contributed by atoms with Crippen LogP contribution in [0.15, 0.2) is 91.0 Å². The summed E-state index contributed by atoms with van der Waals surface area (Å²) in [5, 5.41) is 0. The van der Waals surface area contributed by atoms with E-state index in [1.165, 1.54) is 16.7 Å². The Morgan fingerprint density at radius 2 is 0.812 bits per heavy atom. The standard InChI is InChI=1S/C29H37O2P/c1-4-15-27(16-5-1)21-10-12-24-30-32(26-14-23-29-19-8-3-9-20-29)31-25-13-11-22-28-17-6-2-7-18-28/h1-9,15-20H,10-14,21-26H2. The van der Waals surface area contributed by atoms with Crippen LogP contribution in [0.2, 0.25) is 0 Å². The summed E-state index contributed by atoms with van der Waals surface area (Å²) in [6, 6.07) is 32.1. The van der Waals surface area contributed by atoms with Gasteiger partial charge in [0.15, 0.2) is 8.38 Å². The maximum Gasteiger partial charge on any atom is 0.170 e. The van der Waals surface area contributed by atoms with Gasteiger partial charge in [0.25, 0.3) is 0 Å². The van der Waals surface area contributed by atoms with Crippen molar-refractivity contribution < 1.29 is 9.05 Å². The van der Waals surface area contributed by atoms with E-state index in [0.717, 1.165) is 70.7 Å². The Labute approximate surface area is 195 Å². The summed E-state index contributed by atoms with van der Waals surface area (Å²) in [5.74, 6) is 0. The predicted molar refractivity (Wildman–Crippen MR) is 137 cm³/mol. The first-order chi connectivity index (χ1) is 15.9. The molecular formula is C29H37O2P. The molecule has 0 atom stereocenters. The molecule has 0 amide bonds. The minimum atomic E-state index is -0.799. The van der Waals surface area contributed by atoms with Gasteiger partial charge in [0.05, 0.1) is 13.2 Å². The lowest BCUT2D eigenvalue weighted by Gasteiger charge is -2.18. The molecule has 3 rings (SSSR count). The molecule has 0 spiro atoms. The van der Waals surface area contributed by atoms with Gasteiger partial charge in [-0.05, 0) is 68.1 Å². The largest absolute Gasteiger partial charge is 0.334 e. The smallest absolute Gasteiger partial charge is 0.170 e. The zero-order valence-electron chi connectivity index (χ0n) is 19.2. The van der Waals surface area contributed by atoms with Crippen molar-refractivity contribution in [1.82, 2.24) is 0 Å². The van der Waals surface area contributed by atoms with Crippen molar-refractivity contribution >= 4 is 8.38 Å². The molecule has 0 fully saturated rings. The highest BCUT2D eigenvalue weighted by Crippen LogP contribution is 2.39. The molecule has 0 aromatic heterocycles. The van der Waals surface area contributed by atoms with Gasteiger partial charge in [-0.2, -0.15) is 0 Å². The first-order valence-corrected chi connectivity index (χ1v) is 13.4. The first kappa shape index (κ1) is 24.6. The zero-order chi connectivity index (χ0) is 22.1. The minimum absolute atomic E-state index is 0.799.